The Hall–Kier alpha value is -1.89. The summed E-state index contributed by atoms with van der Waals surface area (Å²) in [5, 5.41) is 0.232. The first kappa shape index (κ1) is 20.4. The van der Waals surface area contributed by atoms with Crippen LogP contribution < -0.4 is 0 Å². The molecule has 0 spiro atoms. The Bertz CT molecular complexity index is 911. The lowest BCUT2D eigenvalue weighted by molar-refractivity contribution is 0.0752. The Morgan fingerprint density at radius 2 is 1.77 bits per heavy atom. The number of sulfonamides is 1. The third-order valence-electron chi connectivity index (χ3n) is 4.24. The molecule has 0 heterocycles. The van der Waals surface area contributed by atoms with E-state index in [2.05, 4.69) is 0 Å². The number of carbonyl (C=O) groups excluding carboxylic acids is 1. The van der Waals surface area contributed by atoms with Crippen molar-refractivity contribution in [1.82, 2.24) is 9.21 Å². The van der Waals surface area contributed by atoms with Gasteiger partial charge in [0.05, 0.1) is 15.5 Å². The minimum atomic E-state index is -3.64. The number of halogens is 1. The van der Waals surface area contributed by atoms with Gasteiger partial charge in [-0.15, -0.1) is 0 Å². The number of benzene rings is 2. The number of rotatable bonds is 6. The molecule has 0 fully saturated rings. The fourth-order valence-electron chi connectivity index (χ4n) is 2.53. The molecule has 140 valence electrons. The highest BCUT2D eigenvalue weighted by Crippen LogP contribution is 2.24. The highest BCUT2D eigenvalue weighted by Gasteiger charge is 2.23. The van der Waals surface area contributed by atoms with Crippen LogP contribution in [0, 0.1) is 6.92 Å². The lowest BCUT2D eigenvalue weighted by Gasteiger charge is -2.23. The normalized spacial score (nSPS) is 11.6. The van der Waals surface area contributed by atoms with E-state index in [0.717, 1.165) is 15.4 Å². The van der Waals surface area contributed by atoms with Gasteiger partial charge in [-0.2, -0.15) is 0 Å². The van der Waals surface area contributed by atoms with Crippen molar-refractivity contribution in [3.05, 3.63) is 64.2 Å². The number of carbonyl (C=O) groups is 1. The molecule has 0 saturated carbocycles. The average molecular weight is 395 g/mol. The Balaban J connectivity index is 2.39. The number of nitrogens with zero attached hydrogens (tertiary/aromatic N) is 2. The summed E-state index contributed by atoms with van der Waals surface area (Å²) >= 11 is 6.20. The second kappa shape index (κ2) is 8.20. The van der Waals surface area contributed by atoms with E-state index >= 15 is 0 Å². The topological polar surface area (TPSA) is 57.7 Å². The van der Waals surface area contributed by atoms with Crippen molar-refractivity contribution in [3.8, 4) is 0 Å². The zero-order valence-corrected chi connectivity index (χ0v) is 16.9. The maximum atomic E-state index is 13.0. The molecule has 0 N–H and O–H groups in total. The van der Waals surface area contributed by atoms with Gasteiger partial charge in [0.25, 0.3) is 5.91 Å². The summed E-state index contributed by atoms with van der Waals surface area (Å²) in [5.74, 6) is -0.295. The summed E-state index contributed by atoms with van der Waals surface area (Å²) in [4.78, 5) is 14.7. The van der Waals surface area contributed by atoms with E-state index in [0.29, 0.717) is 13.1 Å². The third-order valence-corrected chi connectivity index (χ3v) is 6.38. The molecule has 0 bridgehead atoms. The average Bonchev–Trinajstić information content (AvgIpc) is 2.60. The summed E-state index contributed by atoms with van der Waals surface area (Å²) in [6, 6.07) is 12.0. The van der Waals surface area contributed by atoms with Gasteiger partial charge < -0.3 is 4.90 Å². The van der Waals surface area contributed by atoms with E-state index in [-0.39, 0.29) is 21.4 Å². The van der Waals surface area contributed by atoms with Crippen molar-refractivity contribution in [2.45, 2.75) is 25.3 Å². The second-order valence-corrected chi connectivity index (χ2v) is 8.73. The van der Waals surface area contributed by atoms with E-state index in [1.807, 2.05) is 38.1 Å². The van der Waals surface area contributed by atoms with E-state index < -0.39 is 10.0 Å². The van der Waals surface area contributed by atoms with Gasteiger partial charge in [-0.3, -0.25) is 4.79 Å². The highest BCUT2D eigenvalue weighted by atomic mass is 35.5. The zero-order chi connectivity index (χ0) is 19.5. The fourth-order valence-corrected chi connectivity index (χ4v) is 3.66. The molecule has 2 aromatic rings. The number of hydrogen-bond acceptors (Lipinski definition) is 3. The van der Waals surface area contributed by atoms with Crippen LogP contribution in [0.1, 0.15) is 28.4 Å². The SMILES string of the molecule is CCN(Cc1ccccc1C)C(=O)c1cc(S(=O)(=O)N(C)C)ccc1Cl. The van der Waals surface area contributed by atoms with Crippen molar-refractivity contribution in [2.75, 3.05) is 20.6 Å². The van der Waals surface area contributed by atoms with E-state index in [4.69, 9.17) is 11.6 Å². The molecular weight excluding hydrogens is 372 g/mol. The van der Waals surface area contributed by atoms with E-state index in [1.165, 1.54) is 32.3 Å². The molecule has 2 rings (SSSR count). The molecule has 0 aliphatic carbocycles. The van der Waals surface area contributed by atoms with Crippen LogP contribution in [0.4, 0.5) is 0 Å². The highest BCUT2D eigenvalue weighted by molar-refractivity contribution is 7.89. The van der Waals surface area contributed by atoms with Crippen molar-refractivity contribution < 1.29 is 13.2 Å². The first-order valence-electron chi connectivity index (χ1n) is 8.24. The van der Waals surface area contributed by atoms with Crippen molar-refractivity contribution in [2.24, 2.45) is 0 Å². The van der Waals surface area contributed by atoms with Crippen LogP contribution in [0.3, 0.4) is 0 Å². The van der Waals surface area contributed by atoms with Gasteiger partial charge in [-0.1, -0.05) is 35.9 Å². The van der Waals surface area contributed by atoms with Crippen LogP contribution in [0.2, 0.25) is 5.02 Å². The fraction of sp³-hybridized carbons (Fsp3) is 0.316. The van der Waals surface area contributed by atoms with Crippen molar-refractivity contribution in [1.29, 1.82) is 0 Å². The summed E-state index contributed by atoms with van der Waals surface area (Å²) in [5.41, 5.74) is 2.31. The van der Waals surface area contributed by atoms with Crippen LogP contribution >= 0.6 is 11.6 Å². The van der Waals surface area contributed by atoms with Crippen LogP contribution in [0.25, 0.3) is 0 Å². The summed E-state index contributed by atoms with van der Waals surface area (Å²) in [6.45, 7) is 4.78. The van der Waals surface area contributed by atoms with Crippen LogP contribution in [-0.2, 0) is 16.6 Å². The summed E-state index contributed by atoms with van der Waals surface area (Å²) in [7, 11) is -0.751. The van der Waals surface area contributed by atoms with Crippen LogP contribution in [0.5, 0.6) is 0 Å². The monoisotopic (exact) mass is 394 g/mol. The largest absolute Gasteiger partial charge is 0.335 e. The Morgan fingerprint density at radius 1 is 1.12 bits per heavy atom. The molecule has 0 aliphatic heterocycles. The maximum absolute atomic E-state index is 13.0. The molecule has 5 nitrogen and oxygen atoms in total. The van der Waals surface area contributed by atoms with Gasteiger partial charge in [0, 0.05) is 27.2 Å². The molecule has 0 unspecified atom stereocenters. The molecule has 0 saturated heterocycles. The van der Waals surface area contributed by atoms with Crippen LogP contribution in [-0.4, -0.2) is 44.2 Å². The maximum Gasteiger partial charge on any atom is 0.255 e. The predicted octanol–water partition coefficient (Wildman–Crippen LogP) is 3.56. The van der Waals surface area contributed by atoms with E-state index in [9.17, 15) is 13.2 Å². The molecule has 0 aliphatic rings. The Labute approximate surface area is 160 Å². The van der Waals surface area contributed by atoms with Gasteiger partial charge in [0.15, 0.2) is 0 Å². The molecule has 0 atom stereocenters. The molecule has 1 amide bonds. The van der Waals surface area contributed by atoms with Gasteiger partial charge in [-0.05, 0) is 43.2 Å². The van der Waals surface area contributed by atoms with Gasteiger partial charge in [0.2, 0.25) is 10.0 Å². The van der Waals surface area contributed by atoms with E-state index in [1.54, 1.807) is 4.90 Å². The quantitative estimate of drug-likeness (QED) is 0.752. The lowest BCUT2D eigenvalue weighted by Crippen LogP contribution is -2.31. The molecular formula is C19H23ClN2O3S. The summed E-state index contributed by atoms with van der Waals surface area (Å²) < 4.78 is 25.8. The lowest BCUT2D eigenvalue weighted by atomic mass is 10.1. The molecule has 7 heteroatoms. The number of hydrogen-bond donors (Lipinski definition) is 0. The standard InChI is InChI=1S/C19H23ClN2O3S/c1-5-22(13-15-9-7-6-8-14(15)2)19(23)17-12-16(10-11-18(17)20)26(24,25)21(3)4/h6-12H,5,13H2,1-4H3. The van der Waals surface area contributed by atoms with Crippen molar-refractivity contribution in [3.63, 3.8) is 0 Å². The predicted molar refractivity (Wildman–Crippen MR) is 104 cm³/mol. The second-order valence-electron chi connectivity index (χ2n) is 6.17. The minimum absolute atomic E-state index is 0.0437. The van der Waals surface area contributed by atoms with Crippen LogP contribution in [0.15, 0.2) is 47.4 Å². The van der Waals surface area contributed by atoms with Gasteiger partial charge >= 0.3 is 0 Å². The zero-order valence-electron chi connectivity index (χ0n) is 15.4. The summed E-state index contributed by atoms with van der Waals surface area (Å²) in [6.07, 6.45) is 0. The smallest absolute Gasteiger partial charge is 0.255 e. The molecule has 26 heavy (non-hydrogen) atoms. The first-order chi connectivity index (χ1) is 12.2. The van der Waals surface area contributed by atoms with Crippen molar-refractivity contribution >= 4 is 27.5 Å². The number of amides is 1. The minimum Gasteiger partial charge on any atom is -0.335 e. The Kier molecular flexibility index (Phi) is 6.44. The third kappa shape index (κ3) is 4.26. The van der Waals surface area contributed by atoms with Gasteiger partial charge in [-0.25, -0.2) is 12.7 Å². The first-order valence-corrected chi connectivity index (χ1v) is 10.1. The Morgan fingerprint density at radius 3 is 2.35 bits per heavy atom. The number of aryl methyl sites for hydroxylation is 1. The molecule has 0 aromatic heterocycles. The van der Waals surface area contributed by atoms with Gasteiger partial charge in [0.1, 0.15) is 0 Å². The molecule has 0 radical (unpaired) electrons. The molecule has 2 aromatic carbocycles.